The zero-order valence-corrected chi connectivity index (χ0v) is 20.4. The number of likely N-dealkylation sites (tertiary alicyclic amines) is 1. The first kappa shape index (κ1) is 22.0. The number of hydrogen-bond donors (Lipinski definition) is 0. The van der Waals surface area contributed by atoms with Crippen molar-refractivity contribution in [3.05, 3.63) is 125 Å². The highest BCUT2D eigenvalue weighted by molar-refractivity contribution is 7.80. The van der Waals surface area contributed by atoms with Crippen molar-refractivity contribution >= 4 is 29.7 Å². The highest BCUT2D eigenvalue weighted by atomic mass is 31.1. The summed E-state index contributed by atoms with van der Waals surface area (Å²) in [4.78, 5) is 28.5. The molecule has 1 amide bonds. The lowest BCUT2D eigenvalue weighted by Gasteiger charge is -2.43. The van der Waals surface area contributed by atoms with Gasteiger partial charge in [-0.05, 0) is 48.3 Å². The standard InChI is InChI=1S/C30H27N2O2P/c33-29-17-9-15-27-23-18-22(20-32(27)29)19-31(21-23)30(34)26-14-7-8-16-28(26)35(24-10-3-1-4-11-24)25-12-5-2-6-13-25/h1-17,22-23H,18-21H2/t22-,23+/m0/s1. The number of carbonyl (C=O) groups is 1. The predicted octanol–water partition coefficient (Wildman–Crippen LogP) is 3.87. The number of carbonyl (C=O) groups excluding carboxylic acids is 1. The summed E-state index contributed by atoms with van der Waals surface area (Å²) in [5, 5.41) is 3.56. The minimum Gasteiger partial charge on any atom is -0.338 e. The number of amides is 1. The average Bonchev–Trinajstić information content (AvgIpc) is 2.91. The van der Waals surface area contributed by atoms with Gasteiger partial charge in [0.25, 0.3) is 11.5 Å². The lowest BCUT2D eigenvalue weighted by molar-refractivity contribution is 0.0596. The molecule has 6 rings (SSSR count). The number of benzene rings is 3. The highest BCUT2D eigenvalue weighted by Crippen LogP contribution is 2.37. The van der Waals surface area contributed by atoms with Crippen LogP contribution in [0.25, 0.3) is 0 Å². The summed E-state index contributed by atoms with van der Waals surface area (Å²) in [6, 6.07) is 34.7. The Morgan fingerprint density at radius 2 is 1.37 bits per heavy atom. The molecule has 0 radical (unpaired) electrons. The van der Waals surface area contributed by atoms with Gasteiger partial charge < -0.3 is 9.47 Å². The molecule has 35 heavy (non-hydrogen) atoms. The van der Waals surface area contributed by atoms with Gasteiger partial charge in [-0.3, -0.25) is 9.59 Å². The van der Waals surface area contributed by atoms with Crippen LogP contribution in [0.15, 0.2) is 108 Å². The summed E-state index contributed by atoms with van der Waals surface area (Å²) >= 11 is 0. The van der Waals surface area contributed by atoms with Gasteiger partial charge in [-0.1, -0.05) is 84.9 Å². The minimum atomic E-state index is -0.872. The third kappa shape index (κ3) is 4.13. The molecule has 4 aromatic rings. The van der Waals surface area contributed by atoms with E-state index in [-0.39, 0.29) is 17.4 Å². The van der Waals surface area contributed by atoms with E-state index in [0.29, 0.717) is 25.6 Å². The molecule has 0 N–H and O–H groups in total. The normalized spacial score (nSPS) is 18.8. The van der Waals surface area contributed by atoms with E-state index in [4.69, 9.17) is 0 Å². The fraction of sp³-hybridized carbons (Fsp3) is 0.200. The Hall–Kier alpha value is -3.49. The Labute approximate surface area is 206 Å². The molecule has 0 unspecified atom stereocenters. The smallest absolute Gasteiger partial charge is 0.254 e. The Morgan fingerprint density at radius 3 is 2.09 bits per heavy atom. The summed E-state index contributed by atoms with van der Waals surface area (Å²) in [6.45, 7) is 2.04. The van der Waals surface area contributed by atoms with Crippen molar-refractivity contribution in [1.29, 1.82) is 0 Å². The lowest BCUT2D eigenvalue weighted by Crippen LogP contribution is -2.49. The molecule has 2 aliphatic rings. The monoisotopic (exact) mass is 478 g/mol. The van der Waals surface area contributed by atoms with Crippen molar-refractivity contribution in [2.24, 2.45) is 5.92 Å². The van der Waals surface area contributed by atoms with Gasteiger partial charge in [0.2, 0.25) is 0 Å². The van der Waals surface area contributed by atoms with E-state index in [1.165, 1.54) is 10.6 Å². The second-order valence-electron chi connectivity index (χ2n) is 9.43. The van der Waals surface area contributed by atoms with E-state index in [1.807, 2.05) is 51.9 Å². The van der Waals surface area contributed by atoms with Crippen molar-refractivity contribution < 1.29 is 4.79 Å². The number of piperidine rings is 1. The van der Waals surface area contributed by atoms with Gasteiger partial charge >= 0.3 is 0 Å². The molecule has 1 aromatic heterocycles. The highest BCUT2D eigenvalue weighted by Gasteiger charge is 2.37. The van der Waals surface area contributed by atoms with E-state index in [0.717, 1.165) is 23.0 Å². The fourth-order valence-corrected chi connectivity index (χ4v) is 8.10. The summed E-state index contributed by atoms with van der Waals surface area (Å²) in [5.41, 5.74) is 1.92. The Bertz CT molecular complexity index is 1380. The molecule has 3 heterocycles. The summed E-state index contributed by atoms with van der Waals surface area (Å²) < 4.78 is 1.92. The van der Waals surface area contributed by atoms with Crippen molar-refractivity contribution in [3.63, 3.8) is 0 Å². The molecular weight excluding hydrogens is 451 g/mol. The first-order valence-corrected chi connectivity index (χ1v) is 13.5. The van der Waals surface area contributed by atoms with Gasteiger partial charge in [0.05, 0.1) is 0 Å². The molecule has 0 saturated carbocycles. The van der Waals surface area contributed by atoms with Crippen LogP contribution < -0.4 is 21.5 Å². The molecule has 2 bridgehead atoms. The summed E-state index contributed by atoms with van der Waals surface area (Å²) in [7, 11) is -0.872. The summed E-state index contributed by atoms with van der Waals surface area (Å²) in [5.74, 6) is 0.612. The van der Waals surface area contributed by atoms with Gasteiger partial charge in [-0.15, -0.1) is 0 Å². The molecule has 174 valence electrons. The van der Waals surface area contributed by atoms with Crippen LogP contribution in [-0.4, -0.2) is 28.5 Å². The van der Waals surface area contributed by atoms with Crippen molar-refractivity contribution in [1.82, 2.24) is 9.47 Å². The molecule has 0 spiro atoms. The average molecular weight is 479 g/mol. The van der Waals surface area contributed by atoms with Crippen LogP contribution in [0.4, 0.5) is 0 Å². The number of nitrogens with zero attached hydrogens (tertiary/aromatic N) is 2. The third-order valence-corrected chi connectivity index (χ3v) is 9.67. The number of pyridine rings is 1. The van der Waals surface area contributed by atoms with Gasteiger partial charge in [-0.2, -0.15) is 0 Å². The first-order chi connectivity index (χ1) is 17.2. The molecule has 2 atom stereocenters. The largest absolute Gasteiger partial charge is 0.338 e. The van der Waals surface area contributed by atoms with E-state index < -0.39 is 7.92 Å². The van der Waals surface area contributed by atoms with E-state index in [2.05, 4.69) is 54.6 Å². The van der Waals surface area contributed by atoms with Crippen LogP contribution in [0.1, 0.15) is 28.4 Å². The van der Waals surface area contributed by atoms with Crippen molar-refractivity contribution in [2.75, 3.05) is 13.1 Å². The maximum Gasteiger partial charge on any atom is 0.254 e. The molecule has 4 nitrogen and oxygen atoms in total. The second kappa shape index (κ2) is 9.28. The Balaban J connectivity index is 1.38. The predicted molar refractivity (Wildman–Crippen MR) is 143 cm³/mol. The summed E-state index contributed by atoms with van der Waals surface area (Å²) in [6.07, 6.45) is 1.04. The first-order valence-electron chi connectivity index (χ1n) is 12.2. The topological polar surface area (TPSA) is 42.3 Å². The maximum absolute atomic E-state index is 14.1. The van der Waals surface area contributed by atoms with Crippen LogP contribution in [0.5, 0.6) is 0 Å². The lowest BCUT2D eigenvalue weighted by atomic mass is 9.83. The van der Waals surface area contributed by atoms with Crippen LogP contribution in [0.3, 0.4) is 0 Å². The molecular formula is C30H27N2O2P. The van der Waals surface area contributed by atoms with Gasteiger partial charge in [0, 0.05) is 42.9 Å². The van der Waals surface area contributed by atoms with Gasteiger partial charge in [0.15, 0.2) is 0 Å². The second-order valence-corrected chi connectivity index (χ2v) is 11.6. The quantitative estimate of drug-likeness (QED) is 0.418. The van der Waals surface area contributed by atoms with Crippen LogP contribution in [0.2, 0.25) is 0 Å². The van der Waals surface area contributed by atoms with E-state index in [9.17, 15) is 9.59 Å². The minimum absolute atomic E-state index is 0.0682. The fourth-order valence-electron chi connectivity index (χ4n) is 5.66. The van der Waals surface area contributed by atoms with Crippen LogP contribution >= 0.6 is 7.92 Å². The van der Waals surface area contributed by atoms with Crippen LogP contribution in [-0.2, 0) is 6.54 Å². The third-order valence-electron chi connectivity index (χ3n) is 7.17. The van der Waals surface area contributed by atoms with E-state index in [1.54, 1.807) is 6.07 Å². The number of hydrogen-bond acceptors (Lipinski definition) is 2. The molecule has 2 aliphatic heterocycles. The Morgan fingerprint density at radius 1 is 0.714 bits per heavy atom. The molecule has 1 fully saturated rings. The van der Waals surface area contributed by atoms with Crippen molar-refractivity contribution in [2.45, 2.75) is 18.9 Å². The van der Waals surface area contributed by atoms with Crippen LogP contribution in [0, 0.1) is 5.92 Å². The number of fused-ring (bicyclic) bond motifs is 4. The molecule has 5 heteroatoms. The Kier molecular flexibility index (Phi) is 5.83. The van der Waals surface area contributed by atoms with Crippen molar-refractivity contribution in [3.8, 4) is 0 Å². The zero-order chi connectivity index (χ0) is 23.8. The number of rotatable bonds is 4. The zero-order valence-electron chi connectivity index (χ0n) is 19.5. The van der Waals surface area contributed by atoms with Gasteiger partial charge in [0.1, 0.15) is 0 Å². The maximum atomic E-state index is 14.1. The van der Waals surface area contributed by atoms with Gasteiger partial charge in [-0.25, -0.2) is 0 Å². The number of aromatic nitrogens is 1. The molecule has 0 aliphatic carbocycles. The molecule has 3 aromatic carbocycles. The van der Waals surface area contributed by atoms with E-state index >= 15 is 0 Å². The molecule has 1 saturated heterocycles. The SMILES string of the molecule is O=C(c1ccccc1P(c1ccccc1)c1ccccc1)N1C[C@@H]2C[C@H](C1)c1cccc(=O)n1C2.